The smallest absolute Gasteiger partial charge is 0.194 e. The minimum absolute atomic E-state index is 0. The Hall–Kier alpha value is -1.77. The number of piperazine rings is 1. The summed E-state index contributed by atoms with van der Waals surface area (Å²) in [7, 11) is 3.81. The van der Waals surface area contributed by atoms with E-state index in [1.54, 1.807) is 0 Å². The molecular formula is C19H29IN6. The first kappa shape index (κ1) is 20.5. The number of aryl methyl sites for hydroxylation is 2. The van der Waals surface area contributed by atoms with Crippen LogP contribution >= 0.6 is 24.0 Å². The standard InChI is InChI=1S/C19H28N6.HI/c1-15-6-5-7-18(16(15)2)24-10-12-25(13-11-24)19(20-3)21-14-17-8-9-22-23(17)4;/h5-9H,10-14H2,1-4H3,(H,20,21);1H. The molecule has 0 amide bonds. The Bertz CT molecular complexity index is 746. The minimum Gasteiger partial charge on any atom is -0.368 e. The van der Waals surface area contributed by atoms with Gasteiger partial charge in [-0.2, -0.15) is 5.10 Å². The number of benzene rings is 1. The van der Waals surface area contributed by atoms with Crippen molar-refractivity contribution in [2.75, 3.05) is 38.1 Å². The van der Waals surface area contributed by atoms with E-state index in [-0.39, 0.29) is 24.0 Å². The summed E-state index contributed by atoms with van der Waals surface area (Å²) in [5.74, 6) is 0.960. The predicted molar refractivity (Wildman–Crippen MR) is 119 cm³/mol. The number of aliphatic imine (C=N–C) groups is 1. The van der Waals surface area contributed by atoms with Crippen LogP contribution in [0, 0.1) is 13.8 Å². The number of anilines is 1. The lowest BCUT2D eigenvalue weighted by atomic mass is 10.1. The molecule has 1 aliphatic heterocycles. The first-order valence-electron chi connectivity index (χ1n) is 8.84. The van der Waals surface area contributed by atoms with E-state index in [4.69, 9.17) is 0 Å². The highest BCUT2D eigenvalue weighted by Crippen LogP contribution is 2.23. The van der Waals surface area contributed by atoms with Crippen LogP contribution in [0.5, 0.6) is 0 Å². The van der Waals surface area contributed by atoms with Crippen LogP contribution in [0.4, 0.5) is 5.69 Å². The molecule has 0 aliphatic carbocycles. The third kappa shape index (κ3) is 4.49. The number of hydrogen-bond donors (Lipinski definition) is 1. The number of nitrogens with one attached hydrogen (secondary N) is 1. The summed E-state index contributed by atoms with van der Waals surface area (Å²) >= 11 is 0. The van der Waals surface area contributed by atoms with Crippen LogP contribution < -0.4 is 10.2 Å². The van der Waals surface area contributed by atoms with Gasteiger partial charge in [-0.3, -0.25) is 9.67 Å². The van der Waals surface area contributed by atoms with Crippen molar-refractivity contribution in [2.45, 2.75) is 20.4 Å². The lowest BCUT2D eigenvalue weighted by Crippen LogP contribution is -2.52. The van der Waals surface area contributed by atoms with Gasteiger partial charge in [-0.15, -0.1) is 24.0 Å². The monoisotopic (exact) mass is 468 g/mol. The van der Waals surface area contributed by atoms with Gasteiger partial charge in [0.15, 0.2) is 5.96 Å². The maximum Gasteiger partial charge on any atom is 0.194 e. The van der Waals surface area contributed by atoms with Crippen LogP contribution in [-0.4, -0.2) is 53.9 Å². The summed E-state index contributed by atoms with van der Waals surface area (Å²) in [4.78, 5) is 9.26. The number of hydrogen-bond acceptors (Lipinski definition) is 3. The zero-order chi connectivity index (χ0) is 17.8. The third-order valence-corrected chi connectivity index (χ3v) is 5.06. The molecule has 0 atom stereocenters. The molecule has 1 saturated heterocycles. The van der Waals surface area contributed by atoms with Crippen molar-refractivity contribution in [1.29, 1.82) is 0 Å². The SMILES string of the molecule is CN=C(NCc1ccnn1C)N1CCN(c2cccc(C)c2C)CC1.I. The third-order valence-electron chi connectivity index (χ3n) is 5.06. The largest absolute Gasteiger partial charge is 0.368 e. The number of halogens is 1. The van der Waals surface area contributed by atoms with Gasteiger partial charge < -0.3 is 15.1 Å². The molecule has 0 unspecified atom stereocenters. The Morgan fingerprint density at radius 1 is 1.15 bits per heavy atom. The number of nitrogens with zero attached hydrogens (tertiary/aromatic N) is 5. The molecule has 1 aromatic carbocycles. The normalized spacial score (nSPS) is 15.0. The molecule has 1 aromatic heterocycles. The summed E-state index contributed by atoms with van der Waals surface area (Å²) in [6, 6.07) is 8.59. The minimum atomic E-state index is 0. The quantitative estimate of drug-likeness (QED) is 0.428. The van der Waals surface area contributed by atoms with Crippen LogP contribution in [-0.2, 0) is 13.6 Å². The molecule has 1 aliphatic rings. The zero-order valence-electron chi connectivity index (χ0n) is 16.1. The number of rotatable bonds is 3. The predicted octanol–water partition coefficient (Wildman–Crippen LogP) is 2.55. The van der Waals surface area contributed by atoms with E-state index in [1.165, 1.54) is 16.8 Å². The maximum atomic E-state index is 4.45. The molecule has 6 nitrogen and oxygen atoms in total. The maximum absolute atomic E-state index is 4.45. The van der Waals surface area contributed by atoms with E-state index in [9.17, 15) is 0 Å². The second kappa shape index (κ2) is 9.25. The Balaban J connectivity index is 0.00000243. The van der Waals surface area contributed by atoms with E-state index >= 15 is 0 Å². The Morgan fingerprint density at radius 2 is 1.88 bits per heavy atom. The average Bonchev–Trinajstić information content (AvgIpc) is 3.04. The average molecular weight is 468 g/mol. The van der Waals surface area contributed by atoms with Crippen molar-refractivity contribution >= 4 is 35.6 Å². The molecule has 3 rings (SSSR count). The molecule has 142 valence electrons. The summed E-state index contributed by atoms with van der Waals surface area (Å²) in [5, 5.41) is 7.66. The van der Waals surface area contributed by atoms with Crippen molar-refractivity contribution in [3.63, 3.8) is 0 Å². The highest BCUT2D eigenvalue weighted by molar-refractivity contribution is 14.0. The molecule has 0 bridgehead atoms. The van der Waals surface area contributed by atoms with Crippen LogP contribution in [0.3, 0.4) is 0 Å². The van der Waals surface area contributed by atoms with Crippen molar-refractivity contribution in [1.82, 2.24) is 20.0 Å². The number of guanidine groups is 1. The summed E-state index contributed by atoms with van der Waals surface area (Å²) < 4.78 is 1.89. The van der Waals surface area contributed by atoms with Gasteiger partial charge in [0.1, 0.15) is 0 Å². The van der Waals surface area contributed by atoms with Gasteiger partial charge in [0, 0.05) is 52.2 Å². The molecule has 2 aromatic rings. The van der Waals surface area contributed by atoms with Crippen LogP contribution in [0.15, 0.2) is 35.5 Å². The summed E-state index contributed by atoms with van der Waals surface area (Å²) in [5.41, 5.74) is 5.25. The van der Waals surface area contributed by atoms with E-state index in [0.29, 0.717) is 0 Å². The molecule has 2 heterocycles. The van der Waals surface area contributed by atoms with Crippen molar-refractivity contribution in [3.05, 3.63) is 47.3 Å². The van der Waals surface area contributed by atoms with Gasteiger partial charge in [-0.1, -0.05) is 12.1 Å². The van der Waals surface area contributed by atoms with E-state index in [1.807, 2.05) is 31.0 Å². The first-order valence-corrected chi connectivity index (χ1v) is 8.84. The Labute approximate surface area is 173 Å². The second-order valence-electron chi connectivity index (χ2n) is 6.54. The fourth-order valence-corrected chi connectivity index (χ4v) is 3.31. The fraction of sp³-hybridized carbons (Fsp3) is 0.474. The van der Waals surface area contributed by atoms with E-state index < -0.39 is 0 Å². The highest BCUT2D eigenvalue weighted by Gasteiger charge is 2.21. The first-order chi connectivity index (χ1) is 12.1. The zero-order valence-corrected chi connectivity index (χ0v) is 18.4. The molecule has 7 heteroatoms. The fourth-order valence-electron chi connectivity index (χ4n) is 3.31. The molecule has 1 fully saturated rings. The lowest BCUT2D eigenvalue weighted by Gasteiger charge is -2.38. The van der Waals surface area contributed by atoms with Gasteiger partial charge in [-0.05, 0) is 37.1 Å². The molecule has 0 saturated carbocycles. The molecule has 1 N–H and O–H groups in total. The van der Waals surface area contributed by atoms with E-state index in [2.05, 4.69) is 57.3 Å². The summed E-state index contributed by atoms with van der Waals surface area (Å²) in [6.07, 6.45) is 1.82. The van der Waals surface area contributed by atoms with Gasteiger partial charge >= 0.3 is 0 Å². The van der Waals surface area contributed by atoms with Gasteiger partial charge in [0.2, 0.25) is 0 Å². The molecule has 0 radical (unpaired) electrons. The van der Waals surface area contributed by atoms with Crippen LogP contribution in [0.25, 0.3) is 0 Å². The van der Waals surface area contributed by atoms with Crippen molar-refractivity contribution < 1.29 is 0 Å². The summed E-state index contributed by atoms with van der Waals surface area (Å²) in [6.45, 7) is 9.09. The van der Waals surface area contributed by atoms with Gasteiger partial charge in [0.05, 0.1) is 12.2 Å². The Kier molecular flexibility index (Phi) is 7.31. The molecular weight excluding hydrogens is 439 g/mol. The number of aromatic nitrogens is 2. The highest BCUT2D eigenvalue weighted by atomic mass is 127. The van der Waals surface area contributed by atoms with Crippen LogP contribution in [0.1, 0.15) is 16.8 Å². The topological polar surface area (TPSA) is 48.7 Å². The molecule has 26 heavy (non-hydrogen) atoms. The second-order valence-corrected chi connectivity index (χ2v) is 6.54. The molecule has 0 spiro atoms. The Morgan fingerprint density at radius 3 is 2.50 bits per heavy atom. The van der Waals surface area contributed by atoms with Gasteiger partial charge in [-0.25, -0.2) is 0 Å². The van der Waals surface area contributed by atoms with E-state index in [0.717, 1.165) is 44.4 Å². The lowest BCUT2D eigenvalue weighted by molar-refractivity contribution is 0.371. The van der Waals surface area contributed by atoms with Crippen molar-refractivity contribution in [3.8, 4) is 0 Å². The van der Waals surface area contributed by atoms with Crippen molar-refractivity contribution in [2.24, 2.45) is 12.0 Å². The van der Waals surface area contributed by atoms with Gasteiger partial charge in [0.25, 0.3) is 0 Å². The van der Waals surface area contributed by atoms with Crippen LogP contribution in [0.2, 0.25) is 0 Å².